The van der Waals surface area contributed by atoms with Crippen molar-refractivity contribution >= 4 is 11.3 Å². The molecule has 1 N–H and O–H groups in total. The number of anilines is 1. The first-order valence-electron chi connectivity index (χ1n) is 13.6. The third-order valence-electron chi connectivity index (χ3n) is 9.76. The normalized spacial score (nSPS) is 35.9. The first-order chi connectivity index (χ1) is 15.9. The summed E-state index contributed by atoms with van der Waals surface area (Å²) in [5.41, 5.74) is 7.74. The van der Waals surface area contributed by atoms with Crippen LogP contribution in [0, 0.1) is 11.8 Å². The minimum Gasteiger partial charge on any atom is -0.378 e. The number of likely N-dealkylation sites (tertiary alicyclic amines) is 1. The van der Waals surface area contributed by atoms with E-state index >= 15 is 0 Å². The minimum atomic E-state index is 0.516. The summed E-state index contributed by atoms with van der Waals surface area (Å²) in [6.07, 6.45) is 26.6. The number of hydrogen-bond donors (Lipinski definition) is 1. The van der Waals surface area contributed by atoms with Crippen molar-refractivity contribution in [1.29, 1.82) is 0 Å². The lowest BCUT2D eigenvalue weighted by atomic mass is 9.74. The summed E-state index contributed by atoms with van der Waals surface area (Å²) in [6, 6.07) is 9.47. The van der Waals surface area contributed by atoms with E-state index in [-0.39, 0.29) is 0 Å². The van der Waals surface area contributed by atoms with Crippen molar-refractivity contribution in [2.75, 3.05) is 5.32 Å². The molecule has 168 valence electrons. The molecule has 7 rings (SSSR count). The number of allylic oxidation sites excluding steroid dienone is 5. The molecule has 2 saturated carbocycles. The third-order valence-corrected chi connectivity index (χ3v) is 9.76. The van der Waals surface area contributed by atoms with Crippen LogP contribution in [-0.2, 0) is 0 Å². The summed E-state index contributed by atoms with van der Waals surface area (Å²) in [7, 11) is 0. The van der Waals surface area contributed by atoms with Crippen LogP contribution < -0.4 is 5.32 Å². The second-order valence-corrected chi connectivity index (χ2v) is 11.4. The topological polar surface area (TPSA) is 15.3 Å². The quantitative estimate of drug-likeness (QED) is 0.495. The Balaban J connectivity index is 1.21. The lowest BCUT2D eigenvalue weighted by molar-refractivity contribution is 0.124. The average Bonchev–Trinajstić information content (AvgIpc) is 3.39. The van der Waals surface area contributed by atoms with E-state index in [1.54, 1.807) is 16.8 Å². The fourth-order valence-electron chi connectivity index (χ4n) is 8.28. The molecule has 0 amide bonds. The molecule has 5 atom stereocenters. The van der Waals surface area contributed by atoms with Crippen LogP contribution in [0.1, 0.15) is 94.1 Å². The van der Waals surface area contributed by atoms with Crippen molar-refractivity contribution in [3.8, 4) is 0 Å². The van der Waals surface area contributed by atoms with Gasteiger partial charge in [-0.1, -0.05) is 56.4 Å². The number of benzene rings is 1. The van der Waals surface area contributed by atoms with Gasteiger partial charge in [0.2, 0.25) is 0 Å². The highest BCUT2D eigenvalue weighted by Gasteiger charge is 2.48. The van der Waals surface area contributed by atoms with Crippen molar-refractivity contribution in [3.63, 3.8) is 0 Å². The van der Waals surface area contributed by atoms with Gasteiger partial charge < -0.3 is 10.2 Å². The van der Waals surface area contributed by atoms with Gasteiger partial charge in [-0.3, -0.25) is 0 Å². The number of nitrogens with one attached hydrogen (secondary N) is 1. The maximum atomic E-state index is 3.76. The molecule has 0 bridgehead atoms. The second-order valence-electron chi connectivity index (χ2n) is 11.4. The van der Waals surface area contributed by atoms with Crippen LogP contribution in [0.15, 0.2) is 48.2 Å². The van der Waals surface area contributed by atoms with E-state index in [9.17, 15) is 0 Å². The Morgan fingerprint density at radius 2 is 1.72 bits per heavy atom. The molecule has 5 unspecified atom stereocenters. The van der Waals surface area contributed by atoms with Gasteiger partial charge in [0.1, 0.15) is 0 Å². The van der Waals surface area contributed by atoms with E-state index < -0.39 is 0 Å². The molecule has 1 aromatic carbocycles. The van der Waals surface area contributed by atoms with Crippen LogP contribution in [0.25, 0.3) is 5.57 Å². The van der Waals surface area contributed by atoms with Gasteiger partial charge in [0.25, 0.3) is 0 Å². The molecule has 2 heteroatoms. The fraction of sp³-hybridized carbons (Fsp3) is 0.600. The Hall–Kier alpha value is -1.96. The summed E-state index contributed by atoms with van der Waals surface area (Å²) in [5.74, 6) is 2.32. The highest BCUT2D eigenvalue weighted by atomic mass is 15.2. The van der Waals surface area contributed by atoms with Crippen molar-refractivity contribution in [2.24, 2.45) is 11.8 Å². The zero-order valence-electron chi connectivity index (χ0n) is 19.4. The molecule has 6 aliphatic rings. The van der Waals surface area contributed by atoms with Crippen LogP contribution in [-0.4, -0.2) is 23.0 Å². The van der Waals surface area contributed by atoms with Gasteiger partial charge in [0.15, 0.2) is 0 Å². The molecule has 0 radical (unpaired) electrons. The SMILES string of the molecule is C1=CC2Nc3ccc(C4=CC=C5C(C4)C4CCCCC4N5C4CCCCC4)cc3C2CC1. The summed E-state index contributed by atoms with van der Waals surface area (Å²) < 4.78 is 0. The van der Waals surface area contributed by atoms with Gasteiger partial charge in [-0.2, -0.15) is 0 Å². The molecule has 1 saturated heterocycles. The van der Waals surface area contributed by atoms with Crippen molar-refractivity contribution < 1.29 is 0 Å². The monoisotopic (exact) mass is 426 g/mol. The van der Waals surface area contributed by atoms with E-state index in [0.29, 0.717) is 12.0 Å². The maximum absolute atomic E-state index is 3.76. The second kappa shape index (κ2) is 7.82. The van der Waals surface area contributed by atoms with Gasteiger partial charge >= 0.3 is 0 Å². The zero-order valence-corrected chi connectivity index (χ0v) is 19.4. The molecule has 0 spiro atoms. The van der Waals surface area contributed by atoms with E-state index in [2.05, 4.69) is 52.7 Å². The van der Waals surface area contributed by atoms with Crippen molar-refractivity contribution in [2.45, 2.75) is 101 Å². The van der Waals surface area contributed by atoms with Crippen LogP contribution in [0.2, 0.25) is 0 Å². The first-order valence-corrected chi connectivity index (χ1v) is 13.6. The maximum Gasteiger partial charge on any atom is 0.0514 e. The summed E-state index contributed by atoms with van der Waals surface area (Å²) >= 11 is 0. The molecule has 3 fully saturated rings. The zero-order chi connectivity index (χ0) is 21.1. The Morgan fingerprint density at radius 3 is 2.66 bits per heavy atom. The van der Waals surface area contributed by atoms with Gasteiger partial charge in [-0.05, 0) is 85.8 Å². The molecule has 0 aromatic heterocycles. The Kier molecular flexibility index (Phi) is 4.77. The molecule has 32 heavy (non-hydrogen) atoms. The number of nitrogens with zero attached hydrogens (tertiary/aromatic N) is 1. The molecule has 4 aliphatic carbocycles. The van der Waals surface area contributed by atoms with Crippen LogP contribution >= 0.6 is 0 Å². The Morgan fingerprint density at radius 1 is 0.844 bits per heavy atom. The third kappa shape index (κ3) is 3.05. The summed E-state index contributed by atoms with van der Waals surface area (Å²) in [4.78, 5) is 2.98. The van der Waals surface area contributed by atoms with Crippen LogP contribution in [0.3, 0.4) is 0 Å². The number of rotatable bonds is 2. The standard InChI is InChI=1S/C30H38N2/c1-2-8-22(9-3-1)32-29-13-7-5-11-24(29)26-19-21(15-17-30(26)32)20-14-16-28-25(18-20)23-10-4-6-12-27(23)31-28/h6,12,14-18,22-24,26-27,29,31H,1-5,7-11,13,19H2. The Bertz CT molecular complexity index is 979. The van der Waals surface area contributed by atoms with Gasteiger partial charge in [-0.15, -0.1) is 0 Å². The lowest BCUT2D eigenvalue weighted by Crippen LogP contribution is -2.42. The summed E-state index contributed by atoms with van der Waals surface area (Å²) in [6.45, 7) is 0. The lowest BCUT2D eigenvalue weighted by Gasteiger charge is -2.41. The van der Waals surface area contributed by atoms with Crippen molar-refractivity contribution in [1.82, 2.24) is 4.90 Å². The van der Waals surface area contributed by atoms with E-state index in [1.807, 2.05) is 0 Å². The predicted molar refractivity (Wildman–Crippen MR) is 134 cm³/mol. The molecular weight excluding hydrogens is 388 g/mol. The highest BCUT2D eigenvalue weighted by Crippen LogP contribution is 2.53. The van der Waals surface area contributed by atoms with E-state index in [4.69, 9.17) is 0 Å². The molecule has 2 aliphatic heterocycles. The highest BCUT2D eigenvalue weighted by molar-refractivity contribution is 5.74. The molecule has 2 nitrogen and oxygen atoms in total. The molecule has 1 aromatic rings. The largest absolute Gasteiger partial charge is 0.378 e. The predicted octanol–water partition coefficient (Wildman–Crippen LogP) is 7.41. The van der Waals surface area contributed by atoms with Gasteiger partial charge in [0.05, 0.1) is 6.04 Å². The van der Waals surface area contributed by atoms with E-state index in [0.717, 1.165) is 23.9 Å². The smallest absolute Gasteiger partial charge is 0.0514 e. The average molecular weight is 427 g/mol. The number of hydrogen-bond acceptors (Lipinski definition) is 2. The van der Waals surface area contributed by atoms with Crippen LogP contribution in [0.5, 0.6) is 0 Å². The van der Waals surface area contributed by atoms with Gasteiger partial charge in [0, 0.05) is 35.3 Å². The van der Waals surface area contributed by atoms with Gasteiger partial charge in [-0.25, -0.2) is 0 Å². The minimum absolute atomic E-state index is 0.516. The summed E-state index contributed by atoms with van der Waals surface area (Å²) in [5, 5.41) is 3.76. The van der Waals surface area contributed by atoms with Crippen molar-refractivity contribution in [3.05, 3.63) is 59.3 Å². The van der Waals surface area contributed by atoms with E-state index in [1.165, 1.54) is 88.3 Å². The molecular formula is C30H38N2. The fourth-order valence-corrected chi connectivity index (χ4v) is 8.28. The first kappa shape index (κ1) is 19.5. The Labute approximate surface area is 193 Å². The van der Waals surface area contributed by atoms with Crippen LogP contribution in [0.4, 0.5) is 5.69 Å². The number of fused-ring (bicyclic) bond motifs is 6. The molecule has 2 heterocycles.